The highest BCUT2D eigenvalue weighted by atomic mass is 19.1. The van der Waals surface area contributed by atoms with Crippen LogP contribution < -0.4 is 10.6 Å². The normalized spacial score (nSPS) is 10.4. The van der Waals surface area contributed by atoms with Crippen LogP contribution in [0, 0.1) is 5.82 Å². The van der Waals surface area contributed by atoms with E-state index in [2.05, 4.69) is 10.6 Å². The zero-order valence-electron chi connectivity index (χ0n) is 15.6. The van der Waals surface area contributed by atoms with E-state index < -0.39 is 30.3 Å². The minimum atomic E-state index is -1.17. The van der Waals surface area contributed by atoms with E-state index in [4.69, 9.17) is 5.11 Å². The van der Waals surface area contributed by atoms with E-state index in [1.165, 1.54) is 36.4 Å². The number of carboxylic acid groups (broad SMARTS) is 1. The fraction of sp³-hybridized carbons (Fsp3) is 0.250. The van der Waals surface area contributed by atoms with Gasteiger partial charge in [0.2, 0.25) is 0 Å². The number of urea groups is 1. The van der Waals surface area contributed by atoms with Crippen molar-refractivity contribution in [3.8, 4) is 0 Å². The molecule has 0 atom stereocenters. The summed E-state index contributed by atoms with van der Waals surface area (Å²) in [7, 11) is 0. The van der Waals surface area contributed by atoms with Crippen LogP contribution in [-0.4, -0.2) is 40.5 Å². The molecule has 0 aliphatic heterocycles. The second-order valence-corrected chi connectivity index (χ2v) is 6.52. The van der Waals surface area contributed by atoms with Gasteiger partial charge in [-0.05, 0) is 49.7 Å². The van der Waals surface area contributed by atoms with Crippen molar-refractivity contribution < 1.29 is 23.9 Å². The van der Waals surface area contributed by atoms with Gasteiger partial charge >= 0.3 is 12.0 Å². The van der Waals surface area contributed by atoms with Gasteiger partial charge < -0.3 is 20.6 Å². The second-order valence-electron chi connectivity index (χ2n) is 6.52. The number of rotatable bonds is 7. The molecule has 0 aliphatic rings. The summed E-state index contributed by atoms with van der Waals surface area (Å²) >= 11 is 0. The molecule has 0 fully saturated rings. The maximum absolute atomic E-state index is 13.1. The van der Waals surface area contributed by atoms with E-state index in [-0.39, 0.29) is 18.2 Å². The number of aliphatic carboxylic acids is 1. The highest BCUT2D eigenvalue weighted by Gasteiger charge is 2.19. The van der Waals surface area contributed by atoms with Gasteiger partial charge in [0.15, 0.2) is 0 Å². The van der Waals surface area contributed by atoms with Crippen molar-refractivity contribution in [3.05, 3.63) is 65.5 Å². The molecule has 0 aliphatic carbocycles. The molecule has 0 aromatic heterocycles. The number of carbonyl (C=O) groups is 3. The Kier molecular flexibility index (Phi) is 7.08. The van der Waals surface area contributed by atoms with Crippen molar-refractivity contribution in [1.82, 2.24) is 10.2 Å². The monoisotopic (exact) mass is 387 g/mol. The molecule has 8 heteroatoms. The Labute approximate surface area is 162 Å². The van der Waals surface area contributed by atoms with E-state index in [1.54, 1.807) is 12.1 Å². The van der Waals surface area contributed by atoms with Crippen molar-refractivity contribution >= 4 is 23.6 Å². The number of anilines is 1. The molecule has 0 unspecified atom stereocenters. The summed E-state index contributed by atoms with van der Waals surface area (Å²) in [4.78, 5) is 37.0. The van der Waals surface area contributed by atoms with E-state index >= 15 is 0 Å². The van der Waals surface area contributed by atoms with Crippen molar-refractivity contribution in [2.24, 2.45) is 0 Å². The molecule has 3 amide bonds. The number of hydrogen-bond acceptors (Lipinski definition) is 3. The van der Waals surface area contributed by atoms with Gasteiger partial charge in [0.05, 0.1) is 0 Å². The number of carboxylic acids is 1. The number of nitrogens with one attached hydrogen (secondary N) is 2. The van der Waals surface area contributed by atoms with Crippen LogP contribution >= 0.6 is 0 Å². The number of halogens is 1. The third kappa shape index (κ3) is 6.39. The van der Waals surface area contributed by atoms with Crippen molar-refractivity contribution in [3.63, 3.8) is 0 Å². The second kappa shape index (κ2) is 9.50. The van der Waals surface area contributed by atoms with Crippen LogP contribution in [0.5, 0.6) is 0 Å². The summed E-state index contributed by atoms with van der Waals surface area (Å²) in [6.07, 6.45) is 0. The first-order valence-corrected chi connectivity index (χ1v) is 8.67. The lowest BCUT2D eigenvalue weighted by molar-refractivity contribution is -0.137. The Morgan fingerprint density at radius 1 is 1.11 bits per heavy atom. The topological polar surface area (TPSA) is 98.7 Å². The first kappa shape index (κ1) is 20.9. The minimum absolute atomic E-state index is 0.0108. The quantitative estimate of drug-likeness (QED) is 0.680. The summed E-state index contributed by atoms with van der Waals surface area (Å²) < 4.78 is 13.1. The molecule has 0 bridgehead atoms. The predicted molar refractivity (Wildman–Crippen MR) is 103 cm³/mol. The molecule has 2 aromatic carbocycles. The molecular weight excluding hydrogens is 365 g/mol. The molecule has 148 valence electrons. The van der Waals surface area contributed by atoms with Gasteiger partial charge in [-0.25, -0.2) is 9.18 Å². The molecule has 0 radical (unpaired) electrons. The SMILES string of the molecule is CC(C)NC(=O)Nc1cccc(C(=O)N(CC(=O)O)Cc2ccc(F)cc2)c1. The standard InChI is InChI=1S/C20H22FN3O4/c1-13(2)22-20(28)23-17-5-3-4-15(10-17)19(27)24(12-18(25)26)11-14-6-8-16(21)9-7-14/h3-10,13H,11-12H2,1-2H3,(H,25,26)(H2,22,23,28). The van der Waals surface area contributed by atoms with E-state index in [0.29, 0.717) is 11.3 Å². The number of benzene rings is 2. The van der Waals surface area contributed by atoms with Crippen LogP contribution in [0.2, 0.25) is 0 Å². The fourth-order valence-electron chi connectivity index (χ4n) is 2.51. The van der Waals surface area contributed by atoms with Crippen molar-refractivity contribution in [2.45, 2.75) is 26.4 Å². The average Bonchev–Trinajstić information content (AvgIpc) is 2.61. The summed E-state index contributed by atoms with van der Waals surface area (Å²) in [5.74, 6) is -2.10. The zero-order valence-corrected chi connectivity index (χ0v) is 15.6. The summed E-state index contributed by atoms with van der Waals surface area (Å²) in [6.45, 7) is 3.14. The van der Waals surface area contributed by atoms with Gasteiger partial charge in [0.25, 0.3) is 5.91 Å². The number of amides is 3. The van der Waals surface area contributed by atoms with Crippen LogP contribution in [-0.2, 0) is 11.3 Å². The molecule has 0 spiro atoms. The van der Waals surface area contributed by atoms with E-state index in [9.17, 15) is 18.8 Å². The lowest BCUT2D eigenvalue weighted by atomic mass is 10.1. The largest absolute Gasteiger partial charge is 0.480 e. The Morgan fingerprint density at radius 2 is 1.79 bits per heavy atom. The fourth-order valence-corrected chi connectivity index (χ4v) is 2.51. The van der Waals surface area contributed by atoms with Gasteiger partial charge in [-0.2, -0.15) is 0 Å². The smallest absolute Gasteiger partial charge is 0.323 e. The van der Waals surface area contributed by atoms with Gasteiger partial charge in [0, 0.05) is 23.8 Å². The third-order valence-electron chi connectivity index (χ3n) is 3.69. The maximum Gasteiger partial charge on any atom is 0.323 e. The molecule has 0 saturated carbocycles. The Bertz CT molecular complexity index is 853. The average molecular weight is 387 g/mol. The lowest BCUT2D eigenvalue weighted by Crippen LogP contribution is -2.35. The Balaban J connectivity index is 2.18. The minimum Gasteiger partial charge on any atom is -0.480 e. The molecule has 3 N–H and O–H groups in total. The molecule has 28 heavy (non-hydrogen) atoms. The molecule has 0 saturated heterocycles. The zero-order chi connectivity index (χ0) is 20.7. The molecular formula is C20H22FN3O4. The Hall–Kier alpha value is -3.42. The van der Waals surface area contributed by atoms with Crippen LogP contribution in [0.1, 0.15) is 29.8 Å². The van der Waals surface area contributed by atoms with Gasteiger partial charge in [-0.1, -0.05) is 18.2 Å². The number of nitrogens with zero attached hydrogens (tertiary/aromatic N) is 1. The number of carbonyl (C=O) groups excluding carboxylic acids is 2. The molecule has 7 nitrogen and oxygen atoms in total. The summed E-state index contributed by atoms with van der Waals surface area (Å²) in [5.41, 5.74) is 1.23. The van der Waals surface area contributed by atoms with Crippen molar-refractivity contribution in [2.75, 3.05) is 11.9 Å². The van der Waals surface area contributed by atoms with Crippen LogP contribution in [0.4, 0.5) is 14.9 Å². The predicted octanol–water partition coefficient (Wildman–Crippen LogP) is 3.08. The Morgan fingerprint density at radius 3 is 2.39 bits per heavy atom. The highest BCUT2D eigenvalue weighted by molar-refractivity contribution is 5.98. The van der Waals surface area contributed by atoms with E-state index in [1.807, 2.05) is 13.8 Å². The first-order chi connectivity index (χ1) is 13.2. The summed E-state index contributed by atoms with van der Waals surface area (Å²) in [6, 6.07) is 11.2. The molecule has 2 aromatic rings. The highest BCUT2D eigenvalue weighted by Crippen LogP contribution is 2.15. The van der Waals surface area contributed by atoms with E-state index in [0.717, 1.165) is 4.90 Å². The maximum atomic E-state index is 13.1. The van der Waals surface area contributed by atoms with Crippen molar-refractivity contribution in [1.29, 1.82) is 0 Å². The van der Waals surface area contributed by atoms with Gasteiger partial charge in [-0.15, -0.1) is 0 Å². The summed E-state index contributed by atoms with van der Waals surface area (Å²) in [5, 5.41) is 14.4. The van der Waals surface area contributed by atoms with Gasteiger partial charge in [-0.3, -0.25) is 9.59 Å². The van der Waals surface area contributed by atoms with Crippen LogP contribution in [0.25, 0.3) is 0 Å². The molecule has 2 rings (SSSR count). The lowest BCUT2D eigenvalue weighted by Gasteiger charge is -2.21. The third-order valence-corrected chi connectivity index (χ3v) is 3.69. The van der Waals surface area contributed by atoms with Crippen LogP contribution in [0.3, 0.4) is 0 Å². The number of hydrogen-bond donors (Lipinski definition) is 3. The first-order valence-electron chi connectivity index (χ1n) is 8.67. The van der Waals surface area contributed by atoms with Gasteiger partial charge in [0.1, 0.15) is 12.4 Å². The van der Waals surface area contributed by atoms with Crippen LogP contribution in [0.15, 0.2) is 48.5 Å². The molecule has 0 heterocycles.